The summed E-state index contributed by atoms with van der Waals surface area (Å²) in [5.74, 6) is 0. The van der Waals surface area contributed by atoms with Crippen LogP contribution in [0.15, 0.2) is 72.8 Å². The maximum atomic E-state index is 9.69. The van der Waals surface area contributed by atoms with E-state index in [1.165, 1.54) is 0 Å². The highest BCUT2D eigenvalue weighted by molar-refractivity contribution is 6.37. The minimum Gasteiger partial charge on any atom is -0.244 e. The molecular formula is C28H12N6. The first-order chi connectivity index (χ1) is 16.8. The molecule has 6 nitrogen and oxygen atoms in total. The van der Waals surface area contributed by atoms with Crippen LogP contribution in [0.5, 0.6) is 0 Å². The maximum absolute atomic E-state index is 9.69. The molecule has 0 spiro atoms. The molecule has 0 saturated heterocycles. The molecule has 0 unspecified atom stereocenters. The summed E-state index contributed by atoms with van der Waals surface area (Å²) in [6.45, 7) is 0. The summed E-state index contributed by atoms with van der Waals surface area (Å²) < 4.78 is 0. The first-order valence-corrected chi connectivity index (χ1v) is 10.7. The molecule has 7 rings (SSSR count). The molecule has 5 aromatic carbocycles. The Labute approximate surface area is 192 Å². The Bertz CT molecular complexity index is 2100. The standard InChI is InChI=1S/C28H12N6/c29-13-21-22(14-30)34-28-26(33-21)24-18-10-4-2-8-16(18)15-7-1-3-9-17(15)23(24)25-27(28)32-20-12-6-5-11-19(20)31-25/h1-12H. The molecule has 0 radical (unpaired) electrons. The Kier molecular flexibility index (Phi) is 3.59. The Hall–Kier alpha value is -5.20. The molecule has 7 aromatic rings. The number of benzene rings is 5. The molecule has 0 aliphatic rings. The van der Waals surface area contributed by atoms with Crippen LogP contribution in [-0.2, 0) is 0 Å². The molecular weight excluding hydrogens is 420 g/mol. The fraction of sp³-hybridized carbons (Fsp3) is 0. The zero-order valence-electron chi connectivity index (χ0n) is 17.6. The summed E-state index contributed by atoms with van der Waals surface area (Å²) in [7, 11) is 0. The van der Waals surface area contributed by atoms with Gasteiger partial charge in [-0.1, -0.05) is 60.7 Å². The van der Waals surface area contributed by atoms with Crippen LogP contribution < -0.4 is 0 Å². The maximum Gasteiger partial charge on any atom is 0.177 e. The van der Waals surface area contributed by atoms with Gasteiger partial charge in [0.1, 0.15) is 34.2 Å². The third kappa shape index (κ3) is 2.31. The quantitative estimate of drug-likeness (QED) is 0.218. The van der Waals surface area contributed by atoms with E-state index in [1.54, 1.807) is 0 Å². The number of nitrogens with zero attached hydrogens (tertiary/aromatic N) is 6. The van der Waals surface area contributed by atoms with E-state index >= 15 is 0 Å². The Balaban J connectivity index is 1.93. The predicted molar refractivity (Wildman–Crippen MR) is 132 cm³/mol. The summed E-state index contributed by atoms with van der Waals surface area (Å²) in [6, 6.07) is 28.1. The third-order valence-electron chi connectivity index (χ3n) is 6.31. The largest absolute Gasteiger partial charge is 0.244 e. The summed E-state index contributed by atoms with van der Waals surface area (Å²) in [5, 5.41) is 25.3. The number of hydrogen-bond donors (Lipinski definition) is 0. The van der Waals surface area contributed by atoms with Crippen molar-refractivity contribution in [3.05, 3.63) is 84.2 Å². The summed E-state index contributed by atoms with van der Waals surface area (Å²) in [5.41, 5.74) is 3.76. The second-order valence-electron chi connectivity index (χ2n) is 8.09. The van der Waals surface area contributed by atoms with Gasteiger partial charge in [-0.3, -0.25) is 0 Å². The van der Waals surface area contributed by atoms with Gasteiger partial charge in [0.05, 0.1) is 11.0 Å². The van der Waals surface area contributed by atoms with Gasteiger partial charge in [-0.15, -0.1) is 0 Å². The number of fused-ring (bicyclic) bond motifs is 12. The lowest BCUT2D eigenvalue weighted by Gasteiger charge is -2.15. The molecule has 154 valence electrons. The van der Waals surface area contributed by atoms with Crippen LogP contribution >= 0.6 is 0 Å². The fourth-order valence-corrected chi connectivity index (χ4v) is 4.90. The van der Waals surface area contributed by atoms with Crippen molar-refractivity contribution in [2.75, 3.05) is 0 Å². The average Bonchev–Trinajstić information content (AvgIpc) is 2.91. The molecule has 0 N–H and O–H groups in total. The lowest BCUT2D eigenvalue weighted by Crippen LogP contribution is -2.00. The van der Waals surface area contributed by atoms with Gasteiger partial charge in [0.15, 0.2) is 11.4 Å². The van der Waals surface area contributed by atoms with Gasteiger partial charge in [-0.05, 0) is 33.7 Å². The Morgan fingerprint density at radius 2 is 0.824 bits per heavy atom. The van der Waals surface area contributed by atoms with Crippen LogP contribution in [-0.4, -0.2) is 19.9 Å². The smallest absolute Gasteiger partial charge is 0.177 e. The van der Waals surface area contributed by atoms with E-state index in [9.17, 15) is 10.5 Å². The highest BCUT2D eigenvalue weighted by Crippen LogP contribution is 2.42. The molecule has 0 bridgehead atoms. The second kappa shape index (κ2) is 6.65. The monoisotopic (exact) mass is 432 g/mol. The molecule has 2 heterocycles. The van der Waals surface area contributed by atoms with Gasteiger partial charge in [0, 0.05) is 10.8 Å². The van der Waals surface area contributed by atoms with Crippen LogP contribution in [0.4, 0.5) is 0 Å². The van der Waals surface area contributed by atoms with E-state index < -0.39 is 0 Å². The van der Waals surface area contributed by atoms with E-state index in [1.807, 2.05) is 60.7 Å². The average molecular weight is 432 g/mol. The van der Waals surface area contributed by atoms with Gasteiger partial charge >= 0.3 is 0 Å². The minimum atomic E-state index is -0.0179. The molecule has 0 amide bonds. The van der Waals surface area contributed by atoms with Gasteiger partial charge < -0.3 is 0 Å². The van der Waals surface area contributed by atoms with E-state index in [4.69, 9.17) is 9.97 Å². The second-order valence-corrected chi connectivity index (χ2v) is 8.09. The zero-order chi connectivity index (χ0) is 22.8. The van der Waals surface area contributed by atoms with E-state index in [-0.39, 0.29) is 11.4 Å². The van der Waals surface area contributed by atoms with Crippen molar-refractivity contribution in [2.24, 2.45) is 0 Å². The van der Waals surface area contributed by atoms with Crippen molar-refractivity contribution in [1.82, 2.24) is 19.9 Å². The minimum absolute atomic E-state index is 0.00152. The van der Waals surface area contributed by atoms with E-state index in [0.29, 0.717) is 22.1 Å². The van der Waals surface area contributed by atoms with E-state index in [2.05, 4.69) is 34.2 Å². The molecule has 0 saturated carbocycles. The first-order valence-electron chi connectivity index (χ1n) is 10.7. The normalized spacial score (nSPS) is 11.5. The molecule has 2 aromatic heterocycles. The molecule has 0 aliphatic heterocycles. The predicted octanol–water partition coefficient (Wildman–Crippen LogP) is 5.93. The van der Waals surface area contributed by atoms with Crippen LogP contribution in [0.3, 0.4) is 0 Å². The number of rotatable bonds is 0. The Morgan fingerprint density at radius 3 is 1.35 bits per heavy atom. The number of aromatic nitrogens is 4. The zero-order valence-corrected chi connectivity index (χ0v) is 17.6. The third-order valence-corrected chi connectivity index (χ3v) is 6.31. The first kappa shape index (κ1) is 18.4. The SMILES string of the molecule is N#Cc1nc2c3nc4ccccc4nc3c3c4ccccc4c4ccccc4c3c2nc1C#N. The topological polar surface area (TPSA) is 99.1 Å². The molecule has 0 fully saturated rings. The molecule has 0 aliphatic carbocycles. The van der Waals surface area contributed by atoms with Crippen molar-refractivity contribution >= 4 is 65.4 Å². The lowest BCUT2D eigenvalue weighted by molar-refractivity contribution is 1.20. The van der Waals surface area contributed by atoms with Gasteiger partial charge in [0.25, 0.3) is 0 Å². The van der Waals surface area contributed by atoms with E-state index in [0.717, 1.165) is 43.4 Å². The van der Waals surface area contributed by atoms with Gasteiger partial charge in [-0.2, -0.15) is 10.5 Å². The number of para-hydroxylation sites is 2. The number of nitriles is 2. The van der Waals surface area contributed by atoms with Crippen LogP contribution in [0.25, 0.3) is 65.4 Å². The molecule has 34 heavy (non-hydrogen) atoms. The summed E-state index contributed by atoms with van der Waals surface area (Å²) >= 11 is 0. The van der Waals surface area contributed by atoms with Crippen molar-refractivity contribution in [2.45, 2.75) is 0 Å². The summed E-state index contributed by atoms with van der Waals surface area (Å²) in [4.78, 5) is 19.2. The highest BCUT2D eigenvalue weighted by atomic mass is 14.9. The van der Waals surface area contributed by atoms with Crippen molar-refractivity contribution in [3.8, 4) is 12.1 Å². The van der Waals surface area contributed by atoms with Gasteiger partial charge in [0.2, 0.25) is 0 Å². The molecule has 6 heteroatoms. The van der Waals surface area contributed by atoms with Crippen molar-refractivity contribution < 1.29 is 0 Å². The van der Waals surface area contributed by atoms with Gasteiger partial charge in [-0.25, -0.2) is 19.9 Å². The Morgan fingerprint density at radius 1 is 0.441 bits per heavy atom. The number of hydrogen-bond acceptors (Lipinski definition) is 6. The van der Waals surface area contributed by atoms with Crippen LogP contribution in [0, 0.1) is 22.7 Å². The fourth-order valence-electron chi connectivity index (χ4n) is 4.90. The lowest BCUT2D eigenvalue weighted by atomic mass is 9.92. The molecule has 0 atom stereocenters. The van der Waals surface area contributed by atoms with Crippen LogP contribution in [0.1, 0.15) is 11.4 Å². The summed E-state index contributed by atoms with van der Waals surface area (Å²) in [6.07, 6.45) is 0. The highest BCUT2D eigenvalue weighted by Gasteiger charge is 2.21. The van der Waals surface area contributed by atoms with Crippen molar-refractivity contribution in [3.63, 3.8) is 0 Å². The van der Waals surface area contributed by atoms with Crippen molar-refractivity contribution in [1.29, 1.82) is 10.5 Å². The van der Waals surface area contributed by atoms with Crippen LogP contribution in [0.2, 0.25) is 0 Å².